The molecule has 1 fully saturated rings. The number of carbonyl (C=O) groups is 4. The Balaban J connectivity index is 2.18. The van der Waals surface area contributed by atoms with E-state index in [9.17, 15) is 19.2 Å². The number of rotatable bonds is 10. The van der Waals surface area contributed by atoms with Crippen molar-refractivity contribution < 1.29 is 28.7 Å². The Kier molecular flexibility index (Phi) is 9.91. The Morgan fingerprint density at radius 1 is 1.20 bits per heavy atom. The zero-order chi connectivity index (χ0) is 26.2. The van der Waals surface area contributed by atoms with Crippen molar-refractivity contribution in [3.05, 3.63) is 18.2 Å². The Morgan fingerprint density at radius 2 is 1.86 bits per heavy atom. The first-order valence-electron chi connectivity index (χ1n) is 11.8. The number of anilines is 2. The number of nitrogens with zero attached hydrogens (tertiary/aromatic N) is 3. The number of benzene rings is 1. The van der Waals surface area contributed by atoms with E-state index in [-0.39, 0.29) is 24.5 Å². The average Bonchev–Trinajstić information content (AvgIpc) is 2.82. The van der Waals surface area contributed by atoms with Crippen LogP contribution in [0, 0.1) is 0 Å². The summed E-state index contributed by atoms with van der Waals surface area (Å²) in [5, 5.41) is 2.56. The molecule has 1 heterocycles. The van der Waals surface area contributed by atoms with Crippen LogP contribution in [0.3, 0.4) is 0 Å². The molecule has 10 heteroatoms. The van der Waals surface area contributed by atoms with Crippen LogP contribution in [0.15, 0.2) is 18.2 Å². The van der Waals surface area contributed by atoms with Gasteiger partial charge in [0.2, 0.25) is 12.3 Å². The molecule has 0 aromatic heterocycles. The molecule has 0 spiro atoms. The van der Waals surface area contributed by atoms with Gasteiger partial charge in [0.25, 0.3) is 0 Å². The summed E-state index contributed by atoms with van der Waals surface area (Å²) >= 11 is 0. The molecule has 194 valence electrons. The third-order valence-electron chi connectivity index (χ3n) is 5.86. The smallest absolute Gasteiger partial charge is 0.410 e. The van der Waals surface area contributed by atoms with Crippen molar-refractivity contribution in [3.63, 3.8) is 0 Å². The van der Waals surface area contributed by atoms with Crippen LogP contribution in [0.5, 0.6) is 5.75 Å². The number of carbonyl (C=O) groups excluding carboxylic acids is 4. The van der Waals surface area contributed by atoms with Crippen molar-refractivity contribution in [1.29, 1.82) is 0 Å². The minimum Gasteiger partial charge on any atom is -0.488 e. The maximum absolute atomic E-state index is 12.3. The van der Waals surface area contributed by atoms with E-state index in [2.05, 4.69) is 5.32 Å². The summed E-state index contributed by atoms with van der Waals surface area (Å²) < 4.78 is 11.8. The van der Waals surface area contributed by atoms with Gasteiger partial charge in [-0.25, -0.2) is 4.79 Å². The molecule has 1 aromatic rings. The first kappa shape index (κ1) is 27.9. The number of ether oxygens (including phenoxy) is 2. The van der Waals surface area contributed by atoms with Gasteiger partial charge in [-0.1, -0.05) is 6.07 Å². The number of para-hydroxylation sites is 1. The zero-order valence-electron chi connectivity index (χ0n) is 21.6. The van der Waals surface area contributed by atoms with Gasteiger partial charge in [-0.2, -0.15) is 0 Å². The molecule has 10 nitrogen and oxygen atoms in total. The molecular formula is C25H38N4O6. The number of aldehydes is 1. The van der Waals surface area contributed by atoms with E-state index in [1.807, 2.05) is 26.8 Å². The Hall–Kier alpha value is -3.30. The molecule has 1 aliphatic heterocycles. The maximum atomic E-state index is 12.3. The average molecular weight is 491 g/mol. The van der Waals surface area contributed by atoms with Gasteiger partial charge in [-0.15, -0.1) is 0 Å². The largest absolute Gasteiger partial charge is 0.488 e. The fraction of sp³-hybridized carbons (Fsp3) is 0.600. The van der Waals surface area contributed by atoms with E-state index in [1.165, 1.54) is 4.90 Å². The zero-order valence-corrected chi connectivity index (χ0v) is 21.6. The van der Waals surface area contributed by atoms with Crippen molar-refractivity contribution in [1.82, 2.24) is 10.2 Å². The molecule has 1 unspecified atom stereocenters. The number of amides is 3. The second-order valence-electron chi connectivity index (χ2n) is 9.65. The summed E-state index contributed by atoms with van der Waals surface area (Å²) in [7, 11) is 4.93. The quantitative estimate of drug-likeness (QED) is 0.502. The number of piperidine rings is 1. The fourth-order valence-electron chi connectivity index (χ4n) is 3.90. The first-order chi connectivity index (χ1) is 16.5. The lowest BCUT2D eigenvalue weighted by atomic mass is 10.1. The highest BCUT2D eigenvalue weighted by Gasteiger charge is 2.29. The van der Waals surface area contributed by atoms with Gasteiger partial charge < -0.3 is 34.3 Å². The highest BCUT2D eigenvalue weighted by atomic mass is 16.6. The van der Waals surface area contributed by atoms with E-state index < -0.39 is 11.6 Å². The lowest BCUT2D eigenvalue weighted by molar-refractivity contribution is -0.120. The Labute approximate surface area is 207 Å². The van der Waals surface area contributed by atoms with Crippen LogP contribution in [0.2, 0.25) is 0 Å². The molecule has 1 saturated heterocycles. The van der Waals surface area contributed by atoms with Crippen LogP contribution in [0.1, 0.15) is 46.5 Å². The molecular weight excluding hydrogens is 452 g/mol. The molecule has 1 aromatic carbocycles. The highest BCUT2D eigenvalue weighted by molar-refractivity contribution is 5.89. The summed E-state index contributed by atoms with van der Waals surface area (Å²) in [6.45, 7) is 6.52. The van der Waals surface area contributed by atoms with E-state index in [4.69, 9.17) is 9.47 Å². The van der Waals surface area contributed by atoms with Gasteiger partial charge in [-0.3, -0.25) is 9.59 Å². The van der Waals surface area contributed by atoms with Crippen molar-refractivity contribution in [2.75, 3.05) is 44.0 Å². The molecule has 0 aliphatic carbocycles. The van der Waals surface area contributed by atoms with Crippen molar-refractivity contribution in [2.24, 2.45) is 0 Å². The highest BCUT2D eigenvalue weighted by Crippen LogP contribution is 2.39. The van der Waals surface area contributed by atoms with Gasteiger partial charge in [0.15, 0.2) is 0 Å². The van der Waals surface area contributed by atoms with Gasteiger partial charge in [0.1, 0.15) is 29.4 Å². The molecule has 1 aliphatic rings. The van der Waals surface area contributed by atoms with Crippen molar-refractivity contribution in [2.45, 2.75) is 64.2 Å². The predicted octanol–water partition coefficient (Wildman–Crippen LogP) is 2.59. The van der Waals surface area contributed by atoms with Crippen LogP contribution in [-0.2, 0) is 19.1 Å². The minimum atomic E-state index is -0.557. The van der Waals surface area contributed by atoms with Crippen LogP contribution in [0.4, 0.5) is 16.2 Å². The normalized spacial score (nSPS) is 15.1. The summed E-state index contributed by atoms with van der Waals surface area (Å²) in [5.41, 5.74) is 0.619. The molecule has 0 radical (unpaired) electrons. The molecule has 1 atom stereocenters. The molecule has 0 bridgehead atoms. The lowest BCUT2D eigenvalue weighted by Gasteiger charge is -2.35. The Morgan fingerprint density at radius 3 is 2.40 bits per heavy atom. The third kappa shape index (κ3) is 7.87. The van der Waals surface area contributed by atoms with Crippen molar-refractivity contribution in [3.8, 4) is 5.75 Å². The first-order valence-corrected chi connectivity index (χ1v) is 11.8. The second kappa shape index (κ2) is 12.4. The molecule has 3 amide bonds. The standard InChI is InChI=1S/C25H38N4O6/c1-25(2,3)35-24(33)29-14-12-19(13-15-29)34-21-9-7-8-20(23(21)27(5)17-31)28(6)18(16-30)10-11-22(32)26-4/h7-9,16-19H,10-15H2,1-6H3,(H,26,32). The summed E-state index contributed by atoms with van der Waals surface area (Å²) in [5.74, 6) is 0.362. The van der Waals surface area contributed by atoms with E-state index >= 15 is 0 Å². The molecule has 2 rings (SSSR count). The number of hydrogen-bond acceptors (Lipinski definition) is 7. The Bertz CT molecular complexity index is 892. The van der Waals surface area contributed by atoms with Crippen LogP contribution in [-0.4, -0.2) is 81.6 Å². The SMILES string of the molecule is CNC(=O)CCC(C=O)N(C)c1cccc(OC2CCN(C(=O)OC(C)(C)C)CC2)c1N(C)C=O. The van der Waals surface area contributed by atoms with Crippen LogP contribution < -0.4 is 19.9 Å². The van der Waals surface area contributed by atoms with Crippen molar-refractivity contribution >= 4 is 36.1 Å². The summed E-state index contributed by atoms with van der Waals surface area (Å²) in [4.78, 5) is 52.4. The van der Waals surface area contributed by atoms with E-state index in [1.54, 1.807) is 43.1 Å². The number of likely N-dealkylation sites (tertiary alicyclic amines) is 1. The monoisotopic (exact) mass is 490 g/mol. The maximum Gasteiger partial charge on any atom is 0.410 e. The van der Waals surface area contributed by atoms with Crippen LogP contribution in [0.25, 0.3) is 0 Å². The third-order valence-corrected chi connectivity index (χ3v) is 5.86. The van der Waals surface area contributed by atoms with E-state index in [0.29, 0.717) is 55.9 Å². The van der Waals surface area contributed by atoms with Gasteiger partial charge in [-0.05, 0) is 39.3 Å². The second-order valence-corrected chi connectivity index (χ2v) is 9.65. The molecule has 35 heavy (non-hydrogen) atoms. The minimum absolute atomic E-state index is 0.148. The topological polar surface area (TPSA) is 108 Å². The predicted molar refractivity (Wildman–Crippen MR) is 134 cm³/mol. The lowest BCUT2D eigenvalue weighted by Crippen LogP contribution is -2.44. The fourth-order valence-corrected chi connectivity index (χ4v) is 3.90. The number of nitrogens with one attached hydrogen (secondary N) is 1. The number of likely N-dealkylation sites (N-methyl/N-ethyl adjacent to an activating group) is 1. The molecule has 1 N–H and O–H groups in total. The van der Waals surface area contributed by atoms with E-state index in [0.717, 1.165) is 6.29 Å². The van der Waals surface area contributed by atoms with Gasteiger partial charge >= 0.3 is 6.09 Å². The summed E-state index contributed by atoms with van der Waals surface area (Å²) in [6, 6.07) is 4.84. The molecule has 0 saturated carbocycles. The number of hydrogen-bond donors (Lipinski definition) is 1. The summed E-state index contributed by atoms with van der Waals surface area (Å²) in [6.07, 6.45) is 2.77. The van der Waals surface area contributed by atoms with Gasteiger partial charge in [0.05, 0.1) is 11.7 Å². The van der Waals surface area contributed by atoms with Crippen LogP contribution >= 0.6 is 0 Å². The van der Waals surface area contributed by atoms with Gasteiger partial charge in [0, 0.05) is 53.5 Å².